The van der Waals surface area contributed by atoms with E-state index in [1.165, 1.54) is 11.0 Å². The molecule has 1 aromatic heterocycles. The molecule has 1 amide bonds. The van der Waals surface area contributed by atoms with E-state index in [4.69, 9.17) is 12.2 Å². The maximum absolute atomic E-state index is 11.4. The average Bonchev–Trinajstić information content (AvgIpc) is 2.51. The molecule has 1 unspecified atom stereocenters. The molecule has 15 heavy (non-hydrogen) atoms. The quantitative estimate of drug-likeness (QED) is 0.645. The van der Waals surface area contributed by atoms with Crippen LogP contribution in [0.3, 0.4) is 0 Å². The van der Waals surface area contributed by atoms with Crippen molar-refractivity contribution in [2.75, 3.05) is 5.73 Å². The minimum absolute atomic E-state index is 0.0385. The molecule has 0 spiro atoms. The Labute approximate surface area is 87.9 Å². The summed E-state index contributed by atoms with van der Waals surface area (Å²) in [5.41, 5.74) is 5.30. The van der Waals surface area contributed by atoms with Crippen LogP contribution in [0.4, 0.5) is 5.95 Å². The zero-order valence-corrected chi connectivity index (χ0v) is 8.47. The first-order valence-corrected chi connectivity index (χ1v) is 4.49. The van der Waals surface area contributed by atoms with E-state index in [2.05, 4.69) is 21.3 Å². The smallest absolute Gasteiger partial charge is 0.242 e. The Morgan fingerprint density at radius 3 is 3.13 bits per heavy atom. The van der Waals surface area contributed by atoms with Crippen molar-refractivity contribution in [1.29, 1.82) is 0 Å². The molecule has 0 aliphatic heterocycles. The Morgan fingerprint density at radius 1 is 1.87 bits per heavy atom. The summed E-state index contributed by atoms with van der Waals surface area (Å²) in [4.78, 5) is 15.1. The molecule has 0 fully saturated rings. The molecule has 6 nitrogen and oxygen atoms in total. The van der Waals surface area contributed by atoms with Gasteiger partial charge in [-0.05, 0) is 6.92 Å². The number of hydrogen-bond acceptors (Lipinski definition) is 4. The second kappa shape index (κ2) is 5.00. The van der Waals surface area contributed by atoms with Gasteiger partial charge in [-0.3, -0.25) is 4.79 Å². The predicted molar refractivity (Wildman–Crippen MR) is 55.5 cm³/mol. The van der Waals surface area contributed by atoms with Gasteiger partial charge in [-0.1, -0.05) is 0 Å². The molecule has 6 heteroatoms. The van der Waals surface area contributed by atoms with E-state index in [1.54, 1.807) is 0 Å². The number of terminal acetylenes is 1. The molecule has 1 heterocycles. The SMILES string of the molecule is C#CCC(C)NC(=O)Cn1cnc(N)n1. The maximum Gasteiger partial charge on any atom is 0.242 e. The van der Waals surface area contributed by atoms with Gasteiger partial charge in [-0.25, -0.2) is 9.67 Å². The lowest BCUT2D eigenvalue weighted by atomic mass is 10.2. The highest BCUT2D eigenvalue weighted by molar-refractivity contribution is 5.75. The van der Waals surface area contributed by atoms with Crippen molar-refractivity contribution in [2.45, 2.75) is 25.9 Å². The highest BCUT2D eigenvalue weighted by atomic mass is 16.2. The van der Waals surface area contributed by atoms with Crippen LogP contribution in [0.15, 0.2) is 6.33 Å². The largest absolute Gasteiger partial charge is 0.367 e. The van der Waals surface area contributed by atoms with Gasteiger partial charge in [-0.15, -0.1) is 17.4 Å². The molecule has 0 aromatic carbocycles. The summed E-state index contributed by atoms with van der Waals surface area (Å²) in [5.74, 6) is 2.46. The molecule has 0 saturated heterocycles. The zero-order chi connectivity index (χ0) is 11.3. The summed E-state index contributed by atoms with van der Waals surface area (Å²) in [7, 11) is 0. The first kappa shape index (κ1) is 11.0. The standard InChI is InChI=1S/C9H13N5O/c1-3-4-7(2)12-8(15)5-14-6-11-9(10)13-14/h1,6-7H,4-5H2,2H3,(H2,10,13)(H,12,15). The van der Waals surface area contributed by atoms with Crippen molar-refractivity contribution in [3.05, 3.63) is 6.33 Å². The van der Waals surface area contributed by atoms with Gasteiger partial charge in [0.2, 0.25) is 11.9 Å². The predicted octanol–water partition coefficient (Wildman–Crippen LogP) is -0.612. The Hall–Kier alpha value is -2.03. The van der Waals surface area contributed by atoms with Gasteiger partial charge in [0.25, 0.3) is 0 Å². The Bertz CT molecular complexity index is 378. The zero-order valence-electron chi connectivity index (χ0n) is 8.47. The number of anilines is 1. The van der Waals surface area contributed by atoms with Crippen molar-refractivity contribution < 1.29 is 4.79 Å². The first-order chi connectivity index (χ1) is 7.11. The molecule has 1 rings (SSSR count). The summed E-state index contributed by atoms with van der Waals surface area (Å²) < 4.78 is 1.37. The van der Waals surface area contributed by atoms with Crippen molar-refractivity contribution in [3.8, 4) is 12.3 Å². The van der Waals surface area contributed by atoms with E-state index in [-0.39, 0.29) is 24.4 Å². The summed E-state index contributed by atoms with van der Waals surface area (Å²) in [6.07, 6.45) is 7.02. The maximum atomic E-state index is 11.4. The van der Waals surface area contributed by atoms with E-state index in [0.717, 1.165) is 0 Å². The summed E-state index contributed by atoms with van der Waals surface area (Å²) in [6, 6.07) is -0.0385. The Balaban J connectivity index is 2.40. The molecule has 0 saturated carbocycles. The number of hydrogen-bond donors (Lipinski definition) is 2. The number of nitrogens with two attached hydrogens (primary N) is 1. The van der Waals surface area contributed by atoms with Crippen LogP contribution in [-0.2, 0) is 11.3 Å². The number of aromatic nitrogens is 3. The summed E-state index contributed by atoms with van der Waals surface area (Å²) >= 11 is 0. The second-order valence-electron chi connectivity index (χ2n) is 3.18. The highest BCUT2D eigenvalue weighted by Gasteiger charge is 2.07. The molecule has 1 aromatic rings. The van der Waals surface area contributed by atoms with Gasteiger partial charge in [-0.2, -0.15) is 0 Å². The van der Waals surface area contributed by atoms with Crippen LogP contribution in [0, 0.1) is 12.3 Å². The van der Waals surface area contributed by atoms with Crippen LogP contribution in [0.2, 0.25) is 0 Å². The molecule has 0 aliphatic rings. The topological polar surface area (TPSA) is 85.8 Å². The van der Waals surface area contributed by atoms with Crippen LogP contribution in [0.1, 0.15) is 13.3 Å². The fourth-order valence-electron chi connectivity index (χ4n) is 1.08. The normalized spacial score (nSPS) is 11.7. The third kappa shape index (κ3) is 3.68. The van der Waals surface area contributed by atoms with E-state index >= 15 is 0 Å². The molecule has 0 aliphatic carbocycles. The minimum atomic E-state index is -0.164. The number of nitrogens with one attached hydrogen (secondary N) is 1. The van der Waals surface area contributed by atoms with Crippen LogP contribution in [0.25, 0.3) is 0 Å². The lowest BCUT2D eigenvalue weighted by Crippen LogP contribution is -2.34. The van der Waals surface area contributed by atoms with Gasteiger partial charge >= 0.3 is 0 Å². The number of nitrogens with zero attached hydrogens (tertiary/aromatic N) is 3. The van der Waals surface area contributed by atoms with Crippen LogP contribution < -0.4 is 11.1 Å². The van der Waals surface area contributed by atoms with Crippen LogP contribution in [0.5, 0.6) is 0 Å². The second-order valence-corrected chi connectivity index (χ2v) is 3.18. The lowest BCUT2D eigenvalue weighted by Gasteiger charge is -2.10. The fraction of sp³-hybridized carbons (Fsp3) is 0.444. The number of rotatable bonds is 4. The first-order valence-electron chi connectivity index (χ1n) is 4.49. The van der Waals surface area contributed by atoms with Crippen LogP contribution in [-0.4, -0.2) is 26.7 Å². The lowest BCUT2D eigenvalue weighted by molar-refractivity contribution is -0.122. The molecule has 0 bridgehead atoms. The summed E-state index contributed by atoms with van der Waals surface area (Å²) in [6.45, 7) is 1.94. The van der Waals surface area contributed by atoms with Gasteiger partial charge in [0.15, 0.2) is 0 Å². The molecule has 0 radical (unpaired) electrons. The van der Waals surface area contributed by atoms with Gasteiger partial charge in [0, 0.05) is 12.5 Å². The van der Waals surface area contributed by atoms with E-state index in [9.17, 15) is 4.79 Å². The minimum Gasteiger partial charge on any atom is -0.367 e. The van der Waals surface area contributed by atoms with E-state index in [1.807, 2.05) is 6.92 Å². The number of amides is 1. The van der Waals surface area contributed by atoms with Crippen molar-refractivity contribution in [2.24, 2.45) is 0 Å². The fourth-order valence-corrected chi connectivity index (χ4v) is 1.08. The molecule has 80 valence electrons. The number of nitrogen functional groups attached to an aromatic ring is 1. The summed E-state index contributed by atoms with van der Waals surface area (Å²) in [5, 5.41) is 6.51. The monoisotopic (exact) mass is 207 g/mol. The van der Waals surface area contributed by atoms with Crippen molar-refractivity contribution in [3.63, 3.8) is 0 Å². The highest BCUT2D eigenvalue weighted by Crippen LogP contribution is 1.91. The van der Waals surface area contributed by atoms with Gasteiger partial charge in [0.05, 0.1) is 0 Å². The number of carbonyl (C=O) groups excluding carboxylic acids is 1. The molecular formula is C9H13N5O. The third-order valence-electron chi connectivity index (χ3n) is 1.69. The van der Waals surface area contributed by atoms with Crippen molar-refractivity contribution >= 4 is 11.9 Å². The molecule has 1 atom stereocenters. The molecular weight excluding hydrogens is 194 g/mol. The van der Waals surface area contributed by atoms with Gasteiger partial charge < -0.3 is 11.1 Å². The van der Waals surface area contributed by atoms with Crippen molar-refractivity contribution in [1.82, 2.24) is 20.1 Å². The van der Waals surface area contributed by atoms with Crippen LogP contribution >= 0.6 is 0 Å². The van der Waals surface area contributed by atoms with Gasteiger partial charge in [0.1, 0.15) is 12.9 Å². The van der Waals surface area contributed by atoms with E-state index in [0.29, 0.717) is 6.42 Å². The number of carbonyl (C=O) groups is 1. The Kier molecular flexibility index (Phi) is 3.68. The van der Waals surface area contributed by atoms with E-state index < -0.39 is 0 Å². The average molecular weight is 207 g/mol. The molecule has 3 N–H and O–H groups in total. The third-order valence-corrected chi connectivity index (χ3v) is 1.69. The Morgan fingerprint density at radius 2 is 2.60 bits per heavy atom.